The quantitative estimate of drug-likeness (QED) is 0.726. The minimum absolute atomic E-state index is 0.0175. The normalized spacial score (nSPS) is 13.8. The van der Waals surface area contributed by atoms with Gasteiger partial charge in [-0.1, -0.05) is 11.8 Å². The van der Waals surface area contributed by atoms with Crippen LogP contribution < -0.4 is 10.2 Å². The van der Waals surface area contributed by atoms with Crippen LogP contribution in [0.15, 0.2) is 11.1 Å². The van der Waals surface area contributed by atoms with E-state index in [4.69, 9.17) is 4.74 Å². The second kappa shape index (κ2) is 9.03. The van der Waals surface area contributed by atoms with Gasteiger partial charge in [-0.15, -0.1) is 0 Å². The largest absolute Gasteiger partial charge is 0.385 e. The number of carbonyl (C=O) groups is 2. The molecular formula is C17H25N3O3S. The first-order valence-corrected chi connectivity index (χ1v) is 9.18. The standard InChI is InChI=1S/C17H25N3O3S/c1-12-10-13(2)19-17-16(12)20(15(22)11-24-17)8-4-6-14(21)18-7-5-9-23-3/h10H,4-9,11H2,1-3H3,(H,18,21). The molecule has 1 aromatic heterocycles. The summed E-state index contributed by atoms with van der Waals surface area (Å²) >= 11 is 1.49. The van der Waals surface area contributed by atoms with Crippen molar-refractivity contribution in [1.29, 1.82) is 0 Å². The second-order valence-electron chi connectivity index (χ2n) is 5.87. The van der Waals surface area contributed by atoms with Gasteiger partial charge in [0.05, 0.1) is 11.4 Å². The molecule has 0 unspecified atom stereocenters. The molecule has 0 atom stereocenters. The van der Waals surface area contributed by atoms with Crippen LogP contribution in [0.25, 0.3) is 0 Å². The van der Waals surface area contributed by atoms with E-state index < -0.39 is 0 Å². The van der Waals surface area contributed by atoms with Gasteiger partial charge in [0.1, 0.15) is 5.03 Å². The average Bonchev–Trinajstić information content (AvgIpc) is 2.53. The van der Waals surface area contributed by atoms with Gasteiger partial charge in [-0.2, -0.15) is 0 Å². The van der Waals surface area contributed by atoms with Gasteiger partial charge in [0, 0.05) is 38.9 Å². The van der Waals surface area contributed by atoms with Crippen LogP contribution in [0.2, 0.25) is 0 Å². The zero-order valence-electron chi connectivity index (χ0n) is 14.6. The van der Waals surface area contributed by atoms with Gasteiger partial charge in [0.2, 0.25) is 11.8 Å². The predicted molar refractivity (Wildman–Crippen MR) is 95.5 cm³/mol. The van der Waals surface area contributed by atoms with E-state index in [0.29, 0.717) is 38.3 Å². The monoisotopic (exact) mass is 351 g/mol. The number of pyridine rings is 1. The van der Waals surface area contributed by atoms with Crippen LogP contribution in [-0.2, 0) is 14.3 Å². The summed E-state index contributed by atoms with van der Waals surface area (Å²) in [7, 11) is 1.64. The Bertz CT molecular complexity index is 607. The molecule has 1 aliphatic rings. The Labute approximate surface area is 147 Å². The number of amides is 2. The molecule has 2 amide bonds. The third-order valence-electron chi connectivity index (χ3n) is 3.82. The number of nitrogens with one attached hydrogen (secondary N) is 1. The number of fused-ring (bicyclic) bond motifs is 1. The summed E-state index contributed by atoms with van der Waals surface area (Å²) in [6, 6.07) is 1.99. The highest BCUT2D eigenvalue weighted by Crippen LogP contribution is 2.36. The molecule has 6 nitrogen and oxygen atoms in total. The summed E-state index contributed by atoms with van der Waals surface area (Å²) in [6.45, 7) is 5.77. The molecule has 0 radical (unpaired) electrons. The van der Waals surface area contributed by atoms with Crippen LogP contribution >= 0.6 is 11.8 Å². The molecule has 0 bridgehead atoms. The van der Waals surface area contributed by atoms with Crippen molar-refractivity contribution in [2.45, 2.75) is 38.1 Å². The number of rotatable bonds is 8. The number of ether oxygens (including phenoxy) is 1. The van der Waals surface area contributed by atoms with Crippen LogP contribution in [0.3, 0.4) is 0 Å². The molecule has 0 aliphatic carbocycles. The lowest BCUT2D eigenvalue weighted by atomic mass is 10.1. The van der Waals surface area contributed by atoms with Gasteiger partial charge in [0.25, 0.3) is 0 Å². The Morgan fingerprint density at radius 3 is 2.96 bits per heavy atom. The van der Waals surface area contributed by atoms with Crippen molar-refractivity contribution in [2.75, 3.05) is 37.5 Å². The molecule has 0 fully saturated rings. The van der Waals surface area contributed by atoms with E-state index in [1.807, 2.05) is 19.9 Å². The number of thioether (sulfide) groups is 1. The Balaban J connectivity index is 1.89. The van der Waals surface area contributed by atoms with Crippen molar-refractivity contribution in [3.8, 4) is 0 Å². The molecular weight excluding hydrogens is 326 g/mol. The van der Waals surface area contributed by atoms with Gasteiger partial charge >= 0.3 is 0 Å². The second-order valence-corrected chi connectivity index (χ2v) is 6.83. The molecule has 24 heavy (non-hydrogen) atoms. The van der Waals surface area contributed by atoms with E-state index in [9.17, 15) is 9.59 Å². The van der Waals surface area contributed by atoms with Crippen LogP contribution in [0, 0.1) is 13.8 Å². The summed E-state index contributed by atoms with van der Waals surface area (Å²) in [5.41, 5.74) is 2.92. The van der Waals surface area contributed by atoms with Crippen molar-refractivity contribution in [2.24, 2.45) is 0 Å². The van der Waals surface area contributed by atoms with Crippen LogP contribution in [0.5, 0.6) is 0 Å². The van der Waals surface area contributed by atoms with E-state index >= 15 is 0 Å². The lowest BCUT2D eigenvalue weighted by Crippen LogP contribution is -2.37. The minimum Gasteiger partial charge on any atom is -0.385 e. The summed E-state index contributed by atoms with van der Waals surface area (Å²) in [5, 5.41) is 3.78. The molecule has 0 saturated carbocycles. The third-order valence-corrected chi connectivity index (χ3v) is 4.77. The SMILES string of the molecule is COCCCNC(=O)CCCN1C(=O)CSc2nc(C)cc(C)c21. The zero-order chi connectivity index (χ0) is 17.5. The fraction of sp³-hybridized carbons (Fsp3) is 0.588. The number of carbonyl (C=O) groups excluding carboxylic acids is 2. The van der Waals surface area contributed by atoms with Crippen LogP contribution in [-0.4, -0.2) is 49.4 Å². The van der Waals surface area contributed by atoms with E-state index in [0.717, 1.165) is 28.4 Å². The number of aromatic nitrogens is 1. The lowest BCUT2D eigenvalue weighted by molar-refractivity contribution is -0.121. The molecule has 2 heterocycles. The van der Waals surface area contributed by atoms with E-state index in [-0.39, 0.29) is 11.8 Å². The Morgan fingerprint density at radius 2 is 2.21 bits per heavy atom. The maximum Gasteiger partial charge on any atom is 0.237 e. The number of hydrogen-bond acceptors (Lipinski definition) is 5. The maximum atomic E-state index is 12.3. The molecule has 2 rings (SSSR count). The van der Waals surface area contributed by atoms with Gasteiger partial charge in [-0.25, -0.2) is 4.98 Å². The number of aryl methyl sites for hydroxylation is 2. The maximum absolute atomic E-state index is 12.3. The highest BCUT2D eigenvalue weighted by molar-refractivity contribution is 8.00. The highest BCUT2D eigenvalue weighted by Gasteiger charge is 2.27. The van der Waals surface area contributed by atoms with Gasteiger partial charge in [0.15, 0.2) is 0 Å². The molecule has 1 aromatic rings. The first kappa shape index (κ1) is 18.7. The zero-order valence-corrected chi connectivity index (χ0v) is 15.4. The van der Waals surface area contributed by atoms with Gasteiger partial charge in [-0.3, -0.25) is 9.59 Å². The van der Waals surface area contributed by atoms with Crippen molar-refractivity contribution in [1.82, 2.24) is 10.3 Å². The predicted octanol–water partition coefficient (Wildman–Crippen LogP) is 2.07. The van der Waals surface area contributed by atoms with Gasteiger partial charge in [-0.05, 0) is 38.3 Å². The van der Waals surface area contributed by atoms with Gasteiger partial charge < -0.3 is 15.0 Å². The van der Waals surface area contributed by atoms with E-state index in [2.05, 4.69) is 10.3 Å². The minimum atomic E-state index is 0.0175. The lowest BCUT2D eigenvalue weighted by Gasteiger charge is -2.30. The van der Waals surface area contributed by atoms with Crippen molar-refractivity contribution in [3.05, 3.63) is 17.3 Å². The smallest absolute Gasteiger partial charge is 0.237 e. The molecule has 0 saturated heterocycles. The number of nitrogens with zero attached hydrogens (tertiary/aromatic N) is 2. The number of hydrogen-bond donors (Lipinski definition) is 1. The molecule has 1 N–H and O–H groups in total. The highest BCUT2D eigenvalue weighted by atomic mass is 32.2. The average molecular weight is 351 g/mol. The van der Waals surface area contributed by atoms with Crippen LogP contribution in [0.4, 0.5) is 5.69 Å². The van der Waals surface area contributed by atoms with Crippen LogP contribution in [0.1, 0.15) is 30.5 Å². The Morgan fingerprint density at radius 1 is 1.42 bits per heavy atom. The number of methoxy groups -OCH3 is 1. The van der Waals surface area contributed by atoms with Crippen molar-refractivity contribution in [3.63, 3.8) is 0 Å². The Kier molecular flexibility index (Phi) is 7.05. The van der Waals surface area contributed by atoms with E-state index in [1.54, 1.807) is 12.0 Å². The first-order chi connectivity index (χ1) is 11.5. The van der Waals surface area contributed by atoms with Crippen molar-refractivity contribution < 1.29 is 14.3 Å². The fourth-order valence-corrected chi connectivity index (χ4v) is 3.76. The number of anilines is 1. The summed E-state index contributed by atoms with van der Waals surface area (Å²) in [5.74, 6) is 0.511. The summed E-state index contributed by atoms with van der Waals surface area (Å²) < 4.78 is 4.95. The molecule has 0 aromatic carbocycles. The Hall–Kier alpha value is -1.60. The van der Waals surface area contributed by atoms with Crippen molar-refractivity contribution >= 4 is 29.3 Å². The topological polar surface area (TPSA) is 71.5 Å². The third kappa shape index (κ3) is 4.95. The molecule has 1 aliphatic heterocycles. The molecule has 0 spiro atoms. The molecule has 132 valence electrons. The summed E-state index contributed by atoms with van der Waals surface area (Å²) in [4.78, 5) is 30.4. The van der Waals surface area contributed by atoms with E-state index in [1.165, 1.54) is 11.8 Å². The molecule has 7 heteroatoms. The first-order valence-electron chi connectivity index (χ1n) is 8.20. The fourth-order valence-electron chi connectivity index (χ4n) is 2.72. The summed E-state index contributed by atoms with van der Waals surface area (Å²) in [6.07, 6.45) is 1.86.